The number of nitrogens with two attached hydrogens (primary N) is 1. The molecular weight excluding hydrogens is 568 g/mol. The van der Waals surface area contributed by atoms with Crippen molar-refractivity contribution in [2.45, 2.75) is 43.9 Å². The van der Waals surface area contributed by atoms with E-state index in [1.165, 1.54) is 4.90 Å². The Hall–Kier alpha value is -3.87. The van der Waals surface area contributed by atoms with Gasteiger partial charge in [0.25, 0.3) is 0 Å². The van der Waals surface area contributed by atoms with E-state index < -0.39 is 64.4 Å². The summed E-state index contributed by atoms with van der Waals surface area (Å²) < 4.78 is 6.12. The predicted molar refractivity (Wildman–Crippen MR) is 158 cm³/mol. The second-order valence-electron chi connectivity index (χ2n) is 13.1. The van der Waals surface area contributed by atoms with Gasteiger partial charge >= 0.3 is 0 Å². The van der Waals surface area contributed by atoms with Crippen molar-refractivity contribution < 1.29 is 38.6 Å². The lowest BCUT2D eigenvalue weighted by molar-refractivity contribution is -0.181. The molecule has 0 radical (unpaired) electrons. The Morgan fingerprint density at radius 3 is 2.39 bits per heavy atom. The summed E-state index contributed by atoms with van der Waals surface area (Å²) in [5.74, 6) is -9.65. The summed E-state index contributed by atoms with van der Waals surface area (Å²) >= 11 is 0. The monoisotopic (exact) mass is 606 g/mol. The summed E-state index contributed by atoms with van der Waals surface area (Å²) in [5, 5.41) is 23.4. The predicted octanol–water partition coefficient (Wildman–Crippen LogP) is 0.789. The highest BCUT2D eigenvalue weighted by Crippen LogP contribution is 2.53. The number of furan rings is 1. The van der Waals surface area contributed by atoms with Crippen molar-refractivity contribution in [1.29, 1.82) is 0 Å². The lowest BCUT2D eigenvalue weighted by atomic mass is 9.52. The number of aromatic hydroxyl groups is 1. The topological polar surface area (TPSA) is 175 Å². The van der Waals surface area contributed by atoms with Crippen molar-refractivity contribution in [1.82, 2.24) is 9.80 Å². The molecule has 0 bridgehead atoms. The van der Waals surface area contributed by atoms with E-state index in [1.807, 2.05) is 25.1 Å². The maximum Gasteiger partial charge on any atom is 0.235 e. The van der Waals surface area contributed by atoms with Crippen LogP contribution in [0.4, 0.5) is 5.69 Å². The fraction of sp³-hybridized carbons (Fsp3) is 0.531. The number of primary amides is 1. The van der Waals surface area contributed by atoms with Crippen LogP contribution in [-0.2, 0) is 32.1 Å². The van der Waals surface area contributed by atoms with Crippen molar-refractivity contribution in [3.05, 3.63) is 35.1 Å². The van der Waals surface area contributed by atoms with E-state index in [1.54, 1.807) is 26.2 Å². The summed E-state index contributed by atoms with van der Waals surface area (Å²) in [7, 11) is 6.74. The second kappa shape index (κ2) is 10.6. The van der Waals surface area contributed by atoms with E-state index in [4.69, 9.17) is 10.2 Å². The van der Waals surface area contributed by atoms with E-state index in [0.29, 0.717) is 23.6 Å². The van der Waals surface area contributed by atoms with E-state index in [-0.39, 0.29) is 29.7 Å². The molecule has 12 nitrogen and oxygen atoms in total. The van der Waals surface area contributed by atoms with Crippen molar-refractivity contribution in [3.63, 3.8) is 0 Å². The molecule has 2 unspecified atom stereocenters. The summed E-state index contributed by atoms with van der Waals surface area (Å²) in [4.78, 5) is 73.0. The number of carbonyl (C=O) groups excluding carboxylic acids is 5. The Morgan fingerprint density at radius 1 is 1.09 bits per heavy atom. The Kier molecular flexibility index (Phi) is 7.29. The fourth-order valence-electron chi connectivity index (χ4n) is 8.01. The number of carbonyl (C=O) groups is 5. The standard InChI is InChI=1S/C32H38N4O8/c1-34(2)20-13-18(21-8-7-16(44-21)14-36-9-5-6-10-36)26(37)23-17(20)11-15-12-19-25(35(3)4)28(39)24(31(33)42)30(41)32(19,43)29(40)22(15)27(23)38/h7-8,13,15,19,22,24-25,37,43H,5-6,9-12,14H2,1-4H3,(H2,33,42)/t15-,19-,22?,24?,25-,32-/m1/s1. The van der Waals surface area contributed by atoms with Gasteiger partial charge in [-0.3, -0.25) is 33.8 Å². The van der Waals surface area contributed by atoms with Crippen LogP contribution in [0.3, 0.4) is 0 Å². The number of phenols is 1. The first-order valence-corrected chi connectivity index (χ1v) is 15.0. The van der Waals surface area contributed by atoms with Crippen LogP contribution < -0.4 is 10.6 Å². The number of amides is 1. The number of phenolic OH excluding ortho intramolecular Hbond substituents is 1. The molecule has 1 aliphatic heterocycles. The van der Waals surface area contributed by atoms with Crippen LogP contribution in [0.15, 0.2) is 22.6 Å². The first kappa shape index (κ1) is 30.2. The summed E-state index contributed by atoms with van der Waals surface area (Å²) in [6, 6.07) is 4.20. The number of hydrogen-bond acceptors (Lipinski definition) is 11. The quantitative estimate of drug-likeness (QED) is 0.397. The third kappa shape index (κ3) is 4.33. The number of rotatable bonds is 6. The van der Waals surface area contributed by atoms with Crippen molar-refractivity contribution in [3.8, 4) is 17.1 Å². The first-order valence-electron chi connectivity index (χ1n) is 15.0. The lowest BCUT2D eigenvalue weighted by Crippen LogP contribution is -2.74. The van der Waals surface area contributed by atoms with Crippen molar-refractivity contribution >= 4 is 34.7 Å². The Morgan fingerprint density at radius 2 is 1.77 bits per heavy atom. The van der Waals surface area contributed by atoms with Gasteiger partial charge in [-0.25, -0.2) is 0 Å². The highest BCUT2D eigenvalue weighted by atomic mass is 16.3. The molecule has 1 amide bonds. The lowest BCUT2D eigenvalue weighted by Gasteiger charge is -2.52. The van der Waals surface area contributed by atoms with Crippen LogP contribution >= 0.6 is 0 Å². The molecule has 3 aliphatic carbocycles. The van der Waals surface area contributed by atoms with Crippen LogP contribution in [-0.4, -0.2) is 102 Å². The SMILES string of the molecule is CN(C)c1cc(-c2ccc(CN3CCCC3)o2)c(O)c2c1C[C@@H]1C[C@@H]3[C@@H](N(C)C)C(=O)C(C(N)=O)C(=O)[C@]3(O)C(=O)C1C2=O. The Bertz CT molecular complexity index is 1590. The van der Waals surface area contributed by atoms with Crippen LogP contribution in [0.2, 0.25) is 0 Å². The van der Waals surface area contributed by atoms with Gasteiger partial charge < -0.3 is 25.3 Å². The summed E-state index contributed by atoms with van der Waals surface area (Å²) in [5.41, 5.74) is 4.05. The molecule has 12 heteroatoms. The summed E-state index contributed by atoms with van der Waals surface area (Å²) in [6.07, 6.45) is 2.44. The molecule has 44 heavy (non-hydrogen) atoms. The Balaban J connectivity index is 1.44. The molecule has 2 aromatic rings. The zero-order valence-electron chi connectivity index (χ0n) is 25.3. The normalized spacial score (nSPS) is 30.4. The Labute approximate surface area is 254 Å². The van der Waals surface area contributed by atoms with Crippen LogP contribution in [0.1, 0.15) is 40.9 Å². The fourth-order valence-corrected chi connectivity index (χ4v) is 8.01. The third-order valence-corrected chi connectivity index (χ3v) is 10.0. The van der Waals surface area contributed by atoms with Gasteiger partial charge in [-0.2, -0.15) is 0 Å². The molecular formula is C32H38N4O8. The van der Waals surface area contributed by atoms with E-state index >= 15 is 0 Å². The molecule has 2 saturated carbocycles. The largest absolute Gasteiger partial charge is 0.506 e. The molecule has 1 saturated heterocycles. The number of fused-ring (bicyclic) bond motifs is 3. The maximum absolute atomic E-state index is 14.3. The van der Waals surface area contributed by atoms with Gasteiger partial charge in [-0.1, -0.05) is 0 Å². The number of anilines is 1. The average molecular weight is 607 g/mol. The summed E-state index contributed by atoms with van der Waals surface area (Å²) in [6.45, 7) is 2.59. The van der Waals surface area contributed by atoms with Crippen molar-refractivity contribution in [2.75, 3.05) is 46.2 Å². The number of likely N-dealkylation sites (tertiary alicyclic amines) is 1. The van der Waals surface area contributed by atoms with Gasteiger partial charge in [0, 0.05) is 25.7 Å². The highest BCUT2D eigenvalue weighted by molar-refractivity contribution is 6.32. The number of likely N-dealkylation sites (N-methyl/N-ethyl adjacent to an activating group) is 1. The first-order chi connectivity index (χ1) is 20.8. The van der Waals surface area contributed by atoms with Crippen LogP contribution in [0, 0.1) is 23.7 Å². The number of nitrogens with zero attached hydrogens (tertiary/aromatic N) is 3. The number of ketones is 4. The number of aliphatic hydroxyl groups is 1. The number of Topliss-reactive ketones (excluding diaryl/α,β-unsaturated/α-hetero) is 4. The number of hydrogen-bond donors (Lipinski definition) is 3. The molecule has 4 aliphatic rings. The van der Waals surface area contributed by atoms with Gasteiger partial charge in [0.05, 0.1) is 29.6 Å². The third-order valence-electron chi connectivity index (χ3n) is 10.0. The van der Waals surface area contributed by atoms with Crippen LogP contribution in [0.5, 0.6) is 5.75 Å². The zero-order valence-corrected chi connectivity index (χ0v) is 25.3. The minimum atomic E-state index is -2.76. The van der Waals surface area contributed by atoms with E-state index in [2.05, 4.69) is 4.90 Å². The number of benzene rings is 1. The molecule has 1 aromatic carbocycles. The molecule has 3 fully saturated rings. The maximum atomic E-state index is 14.3. The molecule has 6 atom stereocenters. The van der Waals surface area contributed by atoms with E-state index in [9.17, 15) is 34.2 Å². The zero-order chi connectivity index (χ0) is 31.8. The van der Waals surface area contributed by atoms with E-state index in [0.717, 1.165) is 31.7 Å². The molecule has 4 N–H and O–H groups in total. The minimum absolute atomic E-state index is 0.00266. The smallest absolute Gasteiger partial charge is 0.235 e. The highest BCUT2D eigenvalue weighted by Gasteiger charge is 2.69. The molecule has 1 aromatic heterocycles. The molecule has 234 valence electrons. The van der Waals surface area contributed by atoms with Gasteiger partial charge in [0.2, 0.25) is 5.91 Å². The molecule has 0 spiro atoms. The van der Waals surface area contributed by atoms with Gasteiger partial charge in [-0.05, 0) is 82.5 Å². The second-order valence-corrected chi connectivity index (χ2v) is 13.1. The molecule has 6 rings (SSSR count). The van der Waals surface area contributed by atoms with Gasteiger partial charge in [0.15, 0.2) is 34.7 Å². The van der Waals surface area contributed by atoms with Gasteiger partial charge in [-0.15, -0.1) is 0 Å². The van der Waals surface area contributed by atoms with Crippen molar-refractivity contribution in [2.24, 2.45) is 29.4 Å². The van der Waals surface area contributed by atoms with Crippen LogP contribution in [0.25, 0.3) is 11.3 Å². The average Bonchev–Trinajstić information content (AvgIpc) is 3.63. The van der Waals surface area contributed by atoms with Gasteiger partial charge in [0.1, 0.15) is 17.3 Å². The minimum Gasteiger partial charge on any atom is -0.506 e. The molecule has 2 heterocycles.